The van der Waals surface area contributed by atoms with E-state index in [2.05, 4.69) is 4.98 Å². The van der Waals surface area contributed by atoms with E-state index in [0.29, 0.717) is 24.7 Å². The Labute approximate surface area is 140 Å². The van der Waals surface area contributed by atoms with Crippen LogP contribution in [0, 0.1) is 0 Å². The summed E-state index contributed by atoms with van der Waals surface area (Å²) in [6, 6.07) is 3.40. The molecule has 1 aromatic rings. The van der Waals surface area contributed by atoms with E-state index in [4.69, 9.17) is 9.47 Å². The van der Waals surface area contributed by atoms with E-state index in [1.54, 1.807) is 19.1 Å². The van der Waals surface area contributed by atoms with Crippen LogP contribution in [0.15, 0.2) is 18.3 Å². The van der Waals surface area contributed by atoms with Crippen molar-refractivity contribution in [3.05, 3.63) is 18.3 Å². The topological polar surface area (TPSA) is 89.0 Å². The molecular formula is C16H21N3O5. The molecule has 130 valence electrons. The summed E-state index contributed by atoms with van der Waals surface area (Å²) in [7, 11) is 0. The summed E-state index contributed by atoms with van der Waals surface area (Å²) in [5.41, 5.74) is 0. The number of ether oxygens (including phenoxy) is 2. The van der Waals surface area contributed by atoms with Crippen molar-refractivity contribution in [1.29, 1.82) is 0 Å². The van der Waals surface area contributed by atoms with Crippen molar-refractivity contribution in [2.75, 3.05) is 37.7 Å². The van der Waals surface area contributed by atoms with Crippen molar-refractivity contribution in [3.8, 4) is 5.75 Å². The zero-order valence-electron chi connectivity index (χ0n) is 13.9. The molecule has 0 radical (unpaired) electrons. The molecule has 1 aliphatic rings. The number of fused-ring (bicyclic) bond motifs is 1. The Morgan fingerprint density at radius 2 is 2.21 bits per heavy atom. The number of amides is 2. The lowest BCUT2D eigenvalue weighted by molar-refractivity contribution is -0.144. The summed E-state index contributed by atoms with van der Waals surface area (Å²) in [6.45, 7) is 4.28. The molecule has 2 heterocycles. The minimum atomic E-state index is -0.349. The van der Waals surface area contributed by atoms with Gasteiger partial charge in [0.05, 0.1) is 13.0 Å². The van der Waals surface area contributed by atoms with Crippen molar-refractivity contribution in [3.63, 3.8) is 0 Å². The molecule has 8 nitrogen and oxygen atoms in total. The highest BCUT2D eigenvalue weighted by molar-refractivity contribution is 6.01. The number of hydrogen-bond acceptors (Lipinski definition) is 6. The second-order valence-corrected chi connectivity index (χ2v) is 5.12. The molecule has 2 rings (SSSR count). The van der Waals surface area contributed by atoms with Crippen LogP contribution >= 0.6 is 0 Å². The molecule has 0 bridgehead atoms. The number of hydrogen-bond donors (Lipinski definition) is 0. The Bertz CT molecular complexity index is 619. The van der Waals surface area contributed by atoms with Gasteiger partial charge in [-0.3, -0.25) is 19.3 Å². The molecule has 0 unspecified atom stereocenters. The quantitative estimate of drug-likeness (QED) is 0.678. The summed E-state index contributed by atoms with van der Waals surface area (Å²) in [5.74, 6) is -0.120. The van der Waals surface area contributed by atoms with Gasteiger partial charge < -0.3 is 14.4 Å². The van der Waals surface area contributed by atoms with Crippen LogP contribution in [-0.4, -0.2) is 60.5 Å². The fourth-order valence-corrected chi connectivity index (χ4v) is 2.35. The van der Waals surface area contributed by atoms with Crippen LogP contribution in [0.4, 0.5) is 5.82 Å². The highest BCUT2D eigenvalue weighted by Crippen LogP contribution is 2.28. The number of carbonyl (C=O) groups excluding carboxylic acids is 3. The number of rotatable bonds is 7. The smallest absolute Gasteiger partial charge is 0.307 e. The van der Waals surface area contributed by atoms with Crippen molar-refractivity contribution in [1.82, 2.24) is 9.88 Å². The number of nitrogens with zero attached hydrogens (tertiary/aromatic N) is 3. The van der Waals surface area contributed by atoms with Gasteiger partial charge in [-0.05, 0) is 26.0 Å². The van der Waals surface area contributed by atoms with Gasteiger partial charge in [0.1, 0.15) is 6.54 Å². The van der Waals surface area contributed by atoms with Crippen molar-refractivity contribution < 1.29 is 23.9 Å². The van der Waals surface area contributed by atoms with E-state index in [9.17, 15) is 14.4 Å². The van der Waals surface area contributed by atoms with Gasteiger partial charge in [-0.1, -0.05) is 0 Å². The molecule has 1 aromatic heterocycles. The molecule has 24 heavy (non-hydrogen) atoms. The molecule has 0 saturated carbocycles. The van der Waals surface area contributed by atoms with Crippen LogP contribution in [0.2, 0.25) is 0 Å². The first-order valence-electron chi connectivity index (χ1n) is 7.88. The average molecular weight is 335 g/mol. The third-order valence-corrected chi connectivity index (χ3v) is 3.58. The van der Waals surface area contributed by atoms with E-state index in [1.165, 1.54) is 16.0 Å². The van der Waals surface area contributed by atoms with Gasteiger partial charge in [0.15, 0.2) is 18.2 Å². The number of pyridine rings is 1. The van der Waals surface area contributed by atoms with Crippen molar-refractivity contribution in [2.45, 2.75) is 20.3 Å². The van der Waals surface area contributed by atoms with Gasteiger partial charge in [0.25, 0.3) is 5.91 Å². The van der Waals surface area contributed by atoms with Crippen LogP contribution in [0.5, 0.6) is 5.75 Å². The summed E-state index contributed by atoms with van der Waals surface area (Å²) >= 11 is 0. The van der Waals surface area contributed by atoms with Crippen LogP contribution < -0.4 is 9.64 Å². The Hall–Kier alpha value is -2.64. The summed E-state index contributed by atoms with van der Waals surface area (Å²) in [6.07, 6.45) is 1.66. The lowest BCUT2D eigenvalue weighted by Crippen LogP contribution is -2.47. The summed E-state index contributed by atoms with van der Waals surface area (Å²) in [5, 5.41) is 0. The largest absolute Gasteiger partial charge is 0.480 e. The zero-order valence-corrected chi connectivity index (χ0v) is 13.9. The maximum absolute atomic E-state index is 12.5. The predicted octanol–water partition coefficient (Wildman–Crippen LogP) is 0.609. The number of likely N-dealkylation sites (N-methyl/N-ethyl adjacent to an activating group) is 1. The van der Waals surface area contributed by atoms with Crippen molar-refractivity contribution >= 4 is 23.6 Å². The van der Waals surface area contributed by atoms with E-state index in [0.717, 1.165) is 0 Å². The lowest BCUT2D eigenvalue weighted by Gasteiger charge is -2.29. The molecule has 0 spiro atoms. The molecular weight excluding hydrogens is 314 g/mol. The van der Waals surface area contributed by atoms with Gasteiger partial charge >= 0.3 is 5.97 Å². The number of carbonyl (C=O) groups is 3. The Morgan fingerprint density at radius 1 is 1.42 bits per heavy atom. The SMILES string of the molecule is CCOC(=O)CCN(CC)C(=O)CN1C(=O)COc2cccnc21. The number of esters is 1. The maximum Gasteiger partial charge on any atom is 0.307 e. The monoisotopic (exact) mass is 335 g/mol. The molecule has 0 saturated heterocycles. The van der Waals surface area contributed by atoms with Gasteiger partial charge in [-0.2, -0.15) is 0 Å². The first kappa shape index (κ1) is 17.7. The van der Waals surface area contributed by atoms with Gasteiger partial charge in [0, 0.05) is 19.3 Å². The Morgan fingerprint density at radius 3 is 2.92 bits per heavy atom. The second kappa shape index (κ2) is 8.28. The van der Waals surface area contributed by atoms with Gasteiger partial charge in [-0.15, -0.1) is 0 Å². The maximum atomic E-state index is 12.5. The van der Waals surface area contributed by atoms with Gasteiger partial charge in [-0.25, -0.2) is 4.98 Å². The average Bonchev–Trinajstić information content (AvgIpc) is 2.58. The normalized spacial score (nSPS) is 13.1. The molecule has 8 heteroatoms. The fraction of sp³-hybridized carbons (Fsp3) is 0.500. The molecule has 2 amide bonds. The van der Waals surface area contributed by atoms with E-state index in [-0.39, 0.29) is 43.9 Å². The first-order chi connectivity index (χ1) is 11.6. The molecule has 0 atom stereocenters. The van der Waals surface area contributed by atoms with Crippen LogP contribution in [0.25, 0.3) is 0 Å². The lowest BCUT2D eigenvalue weighted by atomic mass is 10.3. The predicted molar refractivity (Wildman–Crippen MR) is 85.6 cm³/mol. The van der Waals surface area contributed by atoms with E-state index in [1.807, 2.05) is 6.92 Å². The standard InChI is InChI=1S/C16H21N3O5/c1-3-18(9-7-15(22)23-4-2)13(20)10-19-14(21)11-24-12-6-5-8-17-16(12)19/h5-6,8H,3-4,7,9-11H2,1-2H3. The molecule has 0 fully saturated rings. The fourth-order valence-electron chi connectivity index (χ4n) is 2.35. The minimum absolute atomic E-state index is 0.124. The minimum Gasteiger partial charge on any atom is -0.480 e. The zero-order chi connectivity index (χ0) is 17.5. The number of aromatic nitrogens is 1. The van der Waals surface area contributed by atoms with Crippen molar-refractivity contribution in [2.24, 2.45) is 0 Å². The molecule has 0 N–H and O–H groups in total. The summed E-state index contributed by atoms with van der Waals surface area (Å²) < 4.78 is 10.2. The van der Waals surface area contributed by atoms with Crippen LogP contribution in [0.1, 0.15) is 20.3 Å². The first-order valence-corrected chi connectivity index (χ1v) is 7.88. The Kier molecular flexibility index (Phi) is 6.11. The van der Waals surface area contributed by atoms with E-state index >= 15 is 0 Å². The van der Waals surface area contributed by atoms with Gasteiger partial charge in [0.2, 0.25) is 5.91 Å². The van der Waals surface area contributed by atoms with Crippen LogP contribution in [-0.2, 0) is 19.1 Å². The number of anilines is 1. The highest BCUT2D eigenvalue weighted by Gasteiger charge is 2.29. The molecule has 1 aliphatic heterocycles. The second-order valence-electron chi connectivity index (χ2n) is 5.12. The Balaban J connectivity index is 2.02. The van der Waals surface area contributed by atoms with Crippen LogP contribution in [0.3, 0.4) is 0 Å². The molecule has 0 aromatic carbocycles. The molecule has 0 aliphatic carbocycles. The third-order valence-electron chi connectivity index (χ3n) is 3.58. The van der Waals surface area contributed by atoms with E-state index < -0.39 is 0 Å². The highest BCUT2D eigenvalue weighted by atomic mass is 16.5. The summed E-state index contributed by atoms with van der Waals surface area (Å²) in [4.78, 5) is 42.9. The third kappa shape index (κ3) is 4.21.